The number of fused-ring (bicyclic) bond motifs is 3. The first-order chi connectivity index (χ1) is 9.66. The van der Waals surface area contributed by atoms with E-state index >= 15 is 0 Å². The smallest absolute Gasteiger partial charge is 0.302 e. The molecule has 8 nitrogen and oxygen atoms in total. The number of thiazole rings is 1. The second-order valence-electron chi connectivity index (χ2n) is 4.52. The van der Waals surface area contributed by atoms with Crippen molar-refractivity contribution in [1.82, 2.24) is 24.1 Å². The van der Waals surface area contributed by atoms with E-state index in [1.807, 2.05) is 14.8 Å². The number of hydrogen-bond donors (Lipinski definition) is 1. The zero-order valence-corrected chi connectivity index (χ0v) is 11.3. The summed E-state index contributed by atoms with van der Waals surface area (Å²) >= 11 is 1.51. The van der Waals surface area contributed by atoms with Crippen LogP contribution in [-0.4, -0.2) is 30.6 Å². The summed E-state index contributed by atoms with van der Waals surface area (Å²) in [7, 11) is 1.59. The molecule has 4 heterocycles. The topological polar surface area (TPSA) is 88.8 Å². The standard InChI is InChI=1S/C11H10N6O2S/c1-15-7-6(8(18)14-10(15)19)16-3-4-17(9(16)13-7)11-12-2-5-20-11/h2,5H,3-4H2,1H3,(H,14,18,19). The molecule has 0 fully saturated rings. The molecule has 0 bridgehead atoms. The van der Waals surface area contributed by atoms with Gasteiger partial charge in [0.15, 0.2) is 16.3 Å². The van der Waals surface area contributed by atoms with Crippen LogP contribution in [0.1, 0.15) is 0 Å². The number of aromatic nitrogens is 5. The van der Waals surface area contributed by atoms with Crippen LogP contribution in [0.5, 0.6) is 0 Å². The van der Waals surface area contributed by atoms with Gasteiger partial charge in [-0.1, -0.05) is 0 Å². The van der Waals surface area contributed by atoms with Gasteiger partial charge in [-0.15, -0.1) is 11.3 Å². The van der Waals surface area contributed by atoms with Crippen LogP contribution in [0.4, 0.5) is 11.1 Å². The molecular formula is C11H10N6O2S. The number of aryl methyl sites for hydroxylation is 1. The van der Waals surface area contributed by atoms with Gasteiger partial charge in [0.05, 0.1) is 0 Å². The lowest BCUT2D eigenvalue weighted by Crippen LogP contribution is -2.29. The van der Waals surface area contributed by atoms with Crippen LogP contribution >= 0.6 is 11.3 Å². The van der Waals surface area contributed by atoms with Gasteiger partial charge in [0.1, 0.15) is 0 Å². The first-order valence-corrected chi connectivity index (χ1v) is 6.91. The predicted molar refractivity (Wildman–Crippen MR) is 74.7 cm³/mol. The molecule has 9 heteroatoms. The number of aromatic amines is 1. The summed E-state index contributed by atoms with van der Waals surface area (Å²) < 4.78 is 3.18. The maximum atomic E-state index is 12.0. The Morgan fingerprint density at radius 3 is 2.95 bits per heavy atom. The van der Waals surface area contributed by atoms with Gasteiger partial charge in [-0.25, -0.2) is 9.78 Å². The van der Waals surface area contributed by atoms with E-state index in [1.54, 1.807) is 13.2 Å². The first kappa shape index (κ1) is 11.4. The molecule has 102 valence electrons. The van der Waals surface area contributed by atoms with Crippen LogP contribution in [0, 0.1) is 0 Å². The Bertz CT molecular complexity index is 919. The molecule has 0 spiro atoms. The minimum atomic E-state index is -0.458. The summed E-state index contributed by atoms with van der Waals surface area (Å²) in [5.41, 5.74) is -0.0286. The molecule has 0 unspecified atom stereocenters. The van der Waals surface area contributed by atoms with Crippen LogP contribution in [0.25, 0.3) is 11.2 Å². The molecule has 3 aromatic heterocycles. The Balaban J connectivity index is 2.04. The average Bonchev–Trinajstić information content (AvgIpc) is 3.10. The molecule has 1 aliphatic rings. The van der Waals surface area contributed by atoms with Crippen LogP contribution in [0.3, 0.4) is 0 Å². The molecule has 1 N–H and O–H groups in total. The number of anilines is 2. The Morgan fingerprint density at radius 1 is 1.35 bits per heavy atom. The van der Waals surface area contributed by atoms with Gasteiger partial charge in [0, 0.05) is 31.7 Å². The third kappa shape index (κ3) is 1.35. The molecule has 0 amide bonds. The molecular weight excluding hydrogens is 280 g/mol. The van der Waals surface area contributed by atoms with Gasteiger partial charge in [-0.3, -0.25) is 19.2 Å². The Labute approximate surface area is 115 Å². The second-order valence-corrected chi connectivity index (χ2v) is 5.39. The molecule has 4 rings (SSSR count). The second kappa shape index (κ2) is 3.79. The van der Waals surface area contributed by atoms with E-state index in [0.717, 1.165) is 5.13 Å². The minimum Gasteiger partial charge on any atom is -0.302 e. The highest BCUT2D eigenvalue weighted by atomic mass is 32.1. The van der Waals surface area contributed by atoms with E-state index in [-0.39, 0.29) is 0 Å². The number of nitrogens with zero attached hydrogens (tertiary/aromatic N) is 5. The minimum absolute atomic E-state index is 0.398. The van der Waals surface area contributed by atoms with Crippen molar-refractivity contribution < 1.29 is 0 Å². The van der Waals surface area contributed by atoms with Crippen LogP contribution < -0.4 is 16.1 Å². The monoisotopic (exact) mass is 290 g/mol. The Kier molecular flexibility index (Phi) is 2.16. The van der Waals surface area contributed by atoms with Gasteiger partial charge >= 0.3 is 5.69 Å². The molecule has 20 heavy (non-hydrogen) atoms. The van der Waals surface area contributed by atoms with Crippen molar-refractivity contribution in [2.75, 3.05) is 11.4 Å². The Hall–Kier alpha value is -2.42. The highest BCUT2D eigenvalue weighted by Crippen LogP contribution is 2.32. The molecule has 0 saturated heterocycles. The van der Waals surface area contributed by atoms with E-state index in [4.69, 9.17) is 0 Å². The Morgan fingerprint density at radius 2 is 2.20 bits per heavy atom. The molecule has 0 radical (unpaired) electrons. The van der Waals surface area contributed by atoms with Crippen molar-refractivity contribution in [1.29, 1.82) is 0 Å². The zero-order valence-electron chi connectivity index (χ0n) is 10.5. The van der Waals surface area contributed by atoms with Gasteiger partial charge in [-0.2, -0.15) is 4.98 Å². The van der Waals surface area contributed by atoms with Crippen molar-refractivity contribution in [3.05, 3.63) is 32.4 Å². The third-order valence-corrected chi connectivity index (χ3v) is 4.22. The fourth-order valence-corrected chi connectivity index (χ4v) is 3.14. The molecule has 0 aliphatic carbocycles. The summed E-state index contributed by atoms with van der Waals surface area (Å²) in [6, 6.07) is 0. The molecule has 3 aromatic rings. The van der Waals surface area contributed by atoms with Crippen molar-refractivity contribution in [3.8, 4) is 0 Å². The van der Waals surface area contributed by atoms with Gasteiger partial charge in [-0.05, 0) is 0 Å². The number of rotatable bonds is 1. The molecule has 0 aromatic carbocycles. The summed E-state index contributed by atoms with van der Waals surface area (Å²) in [6.45, 7) is 1.36. The number of hydrogen-bond acceptors (Lipinski definition) is 6. The SMILES string of the molecule is Cn1c(=O)[nH]c(=O)c2c1nc1n2CCN1c1nccs1. The number of nitrogens with one attached hydrogen (secondary N) is 1. The quantitative estimate of drug-likeness (QED) is 0.683. The normalized spacial score (nSPS) is 14.2. The lowest BCUT2D eigenvalue weighted by atomic mass is 10.5. The first-order valence-electron chi connectivity index (χ1n) is 6.03. The summed E-state index contributed by atoms with van der Waals surface area (Å²) in [5, 5.41) is 2.73. The van der Waals surface area contributed by atoms with Crippen LogP contribution in [0.2, 0.25) is 0 Å². The van der Waals surface area contributed by atoms with Gasteiger partial charge < -0.3 is 4.57 Å². The third-order valence-electron chi connectivity index (χ3n) is 3.43. The maximum absolute atomic E-state index is 12.0. The lowest BCUT2D eigenvalue weighted by Gasteiger charge is -2.10. The van der Waals surface area contributed by atoms with Crippen LogP contribution in [-0.2, 0) is 13.6 Å². The van der Waals surface area contributed by atoms with E-state index in [2.05, 4.69) is 15.0 Å². The van der Waals surface area contributed by atoms with E-state index in [9.17, 15) is 9.59 Å². The zero-order chi connectivity index (χ0) is 13.9. The van der Waals surface area contributed by atoms with Crippen molar-refractivity contribution >= 4 is 33.6 Å². The largest absolute Gasteiger partial charge is 0.329 e. The molecule has 0 atom stereocenters. The van der Waals surface area contributed by atoms with Crippen molar-refractivity contribution in [2.45, 2.75) is 6.54 Å². The highest BCUT2D eigenvalue weighted by molar-refractivity contribution is 7.13. The summed E-state index contributed by atoms with van der Waals surface area (Å²) in [5.74, 6) is 0.654. The molecule has 0 saturated carbocycles. The van der Waals surface area contributed by atoms with Gasteiger partial charge in [0.25, 0.3) is 5.56 Å². The fourth-order valence-electron chi connectivity index (χ4n) is 2.47. The number of imidazole rings is 1. The van der Waals surface area contributed by atoms with Crippen molar-refractivity contribution in [3.63, 3.8) is 0 Å². The lowest BCUT2D eigenvalue weighted by molar-refractivity contribution is 0.797. The number of H-pyrrole nitrogens is 1. The van der Waals surface area contributed by atoms with E-state index in [1.165, 1.54) is 15.9 Å². The van der Waals surface area contributed by atoms with E-state index in [0.29, 0.717) is 30.2 Å². The van der Waals surface area contributed by atoms with Crippen molar-refractivity contribution in [2.24, 2.45) is 7.05 Å². The fraction of sp³-hybridized carbons (Fsp3) is 0.273. The van der Waals surface area contributed by atoms with E-state index < -0.39 is 11.2 Å². The van der Waals surface area contributed by atoms with Gasteiger partial charge in [0.2, 0.25) is 5.95 Å². The summed E-state index contributed by atoms with van der Waals surface area (Å²) in [4.78, 5) is 36.6. The average molecular weight is 290 g/mol. The molecule has 1 aliphatic heterocycles. The maximum Gasteiger partial charge on any atom is 0.329 e. The van der Waals surface area contributed by atoms with Crippen LogP contribution in [0.15, 0.2) is 21.2 Å². The summed E-state index contributed by atoms with van der Waals surface area (Å²) in [6.07, 6.45) is 1.73. The highest BCUT2D eigenvalue weighted by Gasteiger charge is 2.28. The predicted octanol–water partition coefficient (Wildman–Crippen LogP) is 0.0315.